The van der Waals surface area contributed by atoms with E-state index in [-0.39, 0.29) is 36.0 Å². The van der Waals surface area contributed by atoms with Gasteiger partial charge in [0.15, 0.2) is 16.7 Å². The van der Waals surface area contributed by atoms with Crippen LogP contribution in [-0.2, 0) is 19.1 Å². The highest BCUT2D eigenvalue weighted by Crippen LogP contribution is 2.36. The standard InChI is InChI=1S/C33H38F2N4O5S/c34-26-14-12-25(27-21-45-33(37-27)39-16-19-43-20-17-39)31(30(26)35)44-18-6-4-2-1-3-5-7-28(40)36-23-10-8-22(9-11-23)24-13-15-29(41)38-32(24)42/h8-12,14,21,24H,1-7,13,15-20H2,(H,36,40)(H,38,41,42). The van der Waals surface area contributed by atoms with Crippen molar-refractivity contribution >= 4 is 39.9 Å². The summed E-state index contributed by atoms with van der Waals surface area (Å²) in [6.45, 7) is 3.01. The molecule has 1 atom stereocenters. The van der Waals surface area contributed by atoms with Crippen molar-refractivity contribution in [1.29, 1.82) is 0 Å². The van der Waals surface area contributed by atoms with Gasteiger partial charge in [-0.1, -0.05) is 37.8 Å². The maximum Gasteiger partial charge on any atom is 0.234 e. The minimum absolute atomic E-state index is 0.0674. The number of nitrogens with one attached hydrogen (secondary N) is 2. The van der Waals surface area contributed by atoms with Gasteiger partial charge in [-0.15, -0.1) is 11.3 Å². The number of piperidine rings is 1. The summed E-state index contributed by atoms with van der Waals surface area (Å²) < 4.78 is 40.0. The molecule has 2 aliphatic heterocycles. The van der Waals surface area contributed by atoms with Crippen molar-refractivity contribution in [3.05, 3.63) is 59.0 Å². The molecular weight excluding hydrogens is 602 g/mol. The van der Waals surface area contributed by atoms with E-state index < -0.39 is 11.6 Å². The quantitative estimate of drug-likeness (QED) is 0.160. The molecule has 5 rings (SSSR count). The molecule has 1 unspecified atom stereocenters. The topological polar surface area (TPSA) is 110 Å². The Hall–Kier alpha value is -3.90. The smallest absolute Gasteiger partial charge is 0.234 e. The average molecular weight is 641 g/mol. The Kier molecular flexibility index (Phi) is 11.5. The van der Waals surface area contributed by atoms with E-state index in [4.69, 9.17) is 9.47 Å². The first-order valence-electron chi connectivity index (χ1n) is 15.5. The number of rotatable bonds is 14. The summed E-state index contributed by atoms with van der Waals surface area (Å²) >= 11 is 1.46. The van der Waals surface area contributed by atoms with Crippen LogP contribution in [-0.4, -0.2) is 55.6 Å². The maximum absolute atomic E-state index is 14.7. The Morgan fingerprint density at radius 1 is 1.02 bits per heavy atom. The molecule has 0 bridgehead atoms. The minimum atomic E-state index is -1.00. The molecule has 0 aliphatic carbocycles. The normalized spacial score (nSPS) is 16.8. The van der Waals surface area contributed by atoms with Crippen molar-refractivity contribution in [3.63, 3.8) is 0 Å². The molecule has 0 saturated carbocycles. The second-order valence-corrected chi connectivity index (χ2v) is 12.1. The zero-order chi connectivity index (χ0) is 31.6. The lowest BCUT2D eigenvalue weighted by atomic mass is 9.90. The average Bonchev–Trinajstić information content (AvgIpc) is 3.53. The Balaban J connectivity index is 0.978. The molecule has 45 heavy (non-hydrogen) atoms. The zero-order valence-electron chi connectivity index (χ0n) is 25.1. The van der Waals surface area contributed by atoms with Gasteiger partial charge in [-0.25, -0.2) is 9.37 Å². The number of hydrogen-bond donors (Lipinski definition) is 2. The van der Waals surface area contributed by atoms with E-state index in [9.17, 15) is 23.2 Å². The van der Waals surface area contributed by atoms with Crippen LogP contribution in [0.2, 0.25) is 0 Å². The van der Waals surface area contributed by atoms with E-state index in [1.54, 1.807) is 12.1 Å². The van der Waals surface area contributed by atoms with Gasteiger partial charge in [0.1, 0.15) is 0 Å². The molecule has 9 nitrogen and oxygen atoms in total. The highest BCUT2D eigenvalue weighted by molar-refractivity contribution is 7.14. The van der Waals surface area contributed by atoms with E-state index in [2.05, 4.69) is 20.5 Å². The SMILES string of the molecule is O=C1CCC(c2ccc(NC(=O)CCCCCCCCOc3c(-c4csc(N5CCOCC5)n4)ccc(F)c3F)cc2)C(=O)N1. The number of aromatic nitrogens is 1. The number of hydrogen-bond acceptors (Lipinski definition) is 8. The fourth-order valence-corrected chi connectivity index (χ4v) is 6.34. The van der Waals surface area contributed by atoms with Crippen LogP contribution in [0.3, 0.4) is 0 Å². The van der Waals surface area contributed by atoms with Gasteiger partial charge in [-0.05, 0) is 49.1 Å². The van der Waals surface area contributed by atoms with Crippen molar-refractivity contribution < 1.29 is 32.6 Å². The van der Waals surface area contributed by atoms with Gasteiger partial charge >= 0.3 is 0 Å². The Morgan fingerprint density at radius 3 is 2.51 bits per heavy atom. The summed E-state index contributed by atoms with van der Waals surface area (Å²) in [5.41, 5.74) is 2.49. The van der Waals surface area contributed by atoms with Gasteiger partial charge in [0.2, 0.25) is 23.5 Å². The van der Waals surface area contributed by atoms with Gasteiger partial charge in [0, 0.05) is 42.6 Å². The number of unbranched alkanes of at least 4 members (excludes halogenated alkanes) is 5. The largest absolute Gasteiger partial charge is 0.490 e. The number of anilines is 2. The molecule has 1 aromatic heterocycles. The monoisotopic (exact) mass is 640 g/mol. The van der Waals surface area contributed by atoms with Crippen LogP contribution in [0.25, 0.3) is 11.3 Å². The Bertz CT molecular complexity index is 1480. The third-order valence-corrected chi connectivity index (χ3v) is 8.88. The molecule has 0 radical (unpaired) electrons. The molecule has 2 aliphatic rings. The summed E-state index contributed by atoms with van der Waals surface area (Å²) in [6.07, 6.45) is 6.34. The zero-order valence-corrected chi connectivity index (χ0v) is 25.9. The van der Waals surface area contributed by atoms with Crippen LogP contribution in [0.4, 0.5) is 19.6 Å². The number of carbonyl (C=O) groups excluding carboxylic acids is 3. The summed E-state index contributed by atoms with van der Waals surface area (Å²) in [5.74, 6) is -3.01. The van der Waals surface area contributed by atoms with Gasteiger partial charge in [0.25, 0.3) is 0 Å². The van der Waals surface area contributed by atoms with E-state index in [0.29, 0.717) is 55.8 Å². The van der Waals surface area contributed by atoms with E-state index in [1.165, 1.54) is 17.4 Å². The fourth-order valence-electron chi connectivity index (χ4n) is 5.47. The number of imide groups is 1. The molecule has 3 amide bonds. The molecule has 3 aromatic rings. The highest BCUT2D eigenvalue weighted by Gasteiger charge is 2.27. The van der Waals surface area contributed by atoms with E-state index in [0.717, 1.165) is 62.0 Å². The van der Waals surface area contributed by atoms with Crippen LogP contribution < -0.4 is 20.3 Å². The molecule has 2 fully saturated rings. The van der Waals surface area contributed by atoms with Crippen LogP contribution in [0.15, 0.2) is 41.8 Å². The van der Waals surface area contributed by atoms with Crippen LogP contribution in [0, 0.1) is 11.6 Å². The number of thiazole rings is 1. The second kappa shape index (κ2) is 15.9. The van der Waals surface area contributed by atoms with E-state index >= 15 is 0 Å². The Labute approximate surface area is 265 Å². The van der Waals surface area contributed by atoms with Gasteiger partial charge in [0.05, 0.1) is 31.4 Å². The maximum atomic E-state index is 14.7. The second-order valence-electron chi connectivity index (χ2n) is 11.2. The third kappa shape index (κ3) is 8.85. The number of halogens is 2. The van der Waals surface area contributed by atoms with Crippen molar-refractivity contribution in [2.75, 3.05) is 43.1 Å². The number of benzene rings is 2. The van der Waals surface area contributed by atoms with Gasteiger partial charge < -0.3 is 19.7 Å². The fraction of sp³-hybridized carbons (Fsp3) is 0.455. The molecule has 240 valence electrons. The number of morpholine rings is 1. The first kappa shape index (κ1) is 32.5. The van der Waals surface area contributed by atoms with E-state index in [1.807, 2.05) is 17.5 Å². The van der Waals surface area contributed by atoms with Gasteiger partial charge in [-0.3, -0.25) is 19.7 Å². The van der Waals surface area contributed by atoms with Crippen LogP contribution in [0.1, 0.15) is 69.3 Å². The molecule has 12 heteroatoms. The van der Waals surface area contributed by atoms with Crippen molar-refractivity contribution in [3.8, 4) is 17.0 Å². The molecule has 2 aromatic carbocycles. The summed E-state index contributed by atoms with van der Waals surface area (Å²) in [5, 5.41) is 7.91. The van der Waals surface area contributed by atoms with Crippen molar-refractivity contribution in [2.45, 2.75) is 63.7 Å². The first-order valence-corrected chi connectivity index (χ1v) is 16.4. The lowest BCUT2D eigenvalue weighted by molar-refractivity contribution is -0.134. The lowest BCUT2D eigenvalue weighted by Gasteiger charge is -2.26. The first-order chi connectivity index (χ1) is 21.9. The highest BCUT2D eigenvalue weighted by atomic mass is 32.1. The predicted molar refractivity (Wildman–Crippen MR) is 169 cm³/mol. The lowest BCUT2D eigenvalue weighted by Crippen LogP contribution is -2.39. The molecule has 2 saturated heterocycles. The minimum Gasteiger partial charge on any atom is -0.490 e. The molecule has 0 spiro atoms. The summed E-state index contributed by atoms with van der Waals surface area (Å²) in [6, 6.07) is 9.78. The number of amides is 3. The number of nitrogens with zero attached hydrogens (tertiary/aromatic N) is 2. The molecule has 2 N–H and O–H groups in total. The van der Waals surface area contributed by atoms with Crippen molar-refractivity contribution in [2.24, 2.45) is 0 Å². The van der Waals surface area contributed by atoms with Crippen molar-refractivity contribution in [1.82, 2.24) is 10.3 Å². The molecule has 3 heterocycles. The van der Waals surface area contributed by atoms with Crippen LogP contribution >= 0.6 is 11.3 Å². The predicted octanol–water partition coefficient (Wildman–Crippen LogP) is 6.19. The number of carbonyl (C=O) groups is 3. The summed E-state index contributed by atoms with van der Waals surface area (Å²) in [7, 11) is 0. The number of ether oxygens (including phenoxy) is 2. The van der Waals surface area contributed by atoms with Crippen LogP contribution in [0.5, 0.6) is 5.75 Å². The summed E-state index contributed by atoms with van der Waals surface area (Å²) in [4.78, 5) is 42.6. The third-order valence-electron chi connectivity index (χ3n) is 7.98. The van der Waals surface area contributed by atoms with Gasteiger partial charge in [-0.2, -0.15) is 4.39 Å². The Morgan fingerprint density at radius 2 is 1.76 bits per heavy atom. The molecular formula is C33H38F2N4O5S.